The van der Waals surface area contributed by atoms with Gasteiger partial charge in [-0.2, -0.15) is 13.2 Å². The van der Waals surface area contributed by atoms with E-state index >= 15 is 0 Å². The van der Waals surface area contributed by atoms with Crippen LogP contribution in [0, 0.1) is 12.7 Å². The Labute approximate surface area is 176 Å². The molecule has 1 amide bonds. The molecule has 10 heteroatoms. The molecule has 0 radical (unpaired) electrons. The van der Waals surface area contributed by atoms with E-state index in [1.807, 2.05) is 0 Å². The number of nitrogens with one attached hydrogen (secondary N) is 1. The fourth-order valence-corrected chi connectivity index (χ4v) is 4.20. The van der Waals surface area contributed by atoms with Crippen LogP contribution in [0.5, 0.6) is 0 Å². The summed E-state index contributed by atoms with van der Waals surface area (Å²) < 4.78 is 66.8. The summed E-state index contributed by atoms with van der Waals surface area (Å²) in [5.74, 6) is -1.33. The zero-order valence-electron chi connectivity index (χ0n) is 16.3. The topological polar surface area (TPSA) is 68.2 Å². The van der Waals surface area contributed by atoms with E-state index < -0.39 is 45.4 Å². The highest BCUT2D eigenvalue weighted by atomic mass is 32.2. The predicted molar refractivity (Wildman–Crippen MR) is 106 cm³/mol. The molecule has 2 aromatic carbocycles. The molecule has 1 atom stereocenters. The fraction of sp³-hybridized carbons (Fsp3) is 0.143. The van der Waals surface area contributed by atoms with Gasteiger partial charge in [0, 0.05) is 23.3 Å². The van der Waals surface area contributed by atoms with E-state index in [0.717, 1.165) is 41.0 Å². The molecule has 0 saturated carbocycles. The summed E-state index contributed by atoms with van der Waals surface area (Å²) in [5.41, 5.74) is -2.30. The Morgan fingerprint density at radius 1 is 1.06 bits per heavy atom. The van der Waals surface area contributed by atoms with E-state index in [0.29, 0.717) is 0 Å². The Morgan fingerprint density at radius 2 is 1.71 bits per heavy atom. The van der Waals surface area contributed by atoms with Crippen molar-refractivity contribution in [3.05, 3.63) is 87.6 Å². The van der Waals surface area contributed by atoms with Gasteiger partial charge in [0.05, 0.1) is 21.3 Å². The largest absolute Gasteiger partial charge is 0.416 e. The van der Waals surface area contributed by atoms with Gasteiger partial charge in [-0.1, -0.05) is 6.07 Å². The Hall–Kier alpha value is -3.27. The molecule has 31 heavy (non-hydrogen) atoms. The number of nitrogens with zero attached hydrogens (tertiary/aromatic N) is 1. The van der Waals surface area contributed by atoms with Crippen LogP contribution in [0.25, 0.3) is 5.69 Å². The highest BCUT2D eigenvalue weighted by molar-refractivity contribution is 7.85. The third kappa shape index (κ3) is 4.43. The van der Waals surface area contributed by atoms with Crippen LogP contribution >= 0.6 is 0 Å². The molecule has 0 aliphatic rings. The molecule has 0 aliphatic carbocycles. The van der Waals surface area contributed by atoms with Gasteiger partial charge in [-0.3, -0.25) is 14.2 Å². The minimum atomic E-state index is -4.65. The molecule has 0 bridgehead atoms. The normalized spacial score (nSPS) is 12.5. The smallest absolute Gasteiger partial charge is 0.355 e. The lowest BCUT2D eigenvalue weighted by atomic mass is 10.1. The van der Waals surface area contributed by atoms with Crippen molar-refractivity contribution in [1.29, 1.82) is 0 Å². The van der Waals surface area contributed by atoms with Crippen molar-refractivity contribution in [2.75, 3.05) is 7.05 Å². The first-order valence-electron chi connectivity index (χ1n) is 8.88. The third-order valence-electron chi connectivity index (χ3n) is 4.53. The second-order valence-electron chi connectivity index (χ2n) is 6.50. The molecule has 0 aliphatic heterocycles. The van der Waals surface area contributed by atoms with Gasteiger partial charge in [0.2, 0.25) is 0 Å². The van der Waals surface area contributed by atoms with Crippen molar-refractivity contribution in [3.63, 3.8) is 0 Å². The van der Waals surface area contributed by atoms with Gasteiger partial charge in [-0.15, -0.1) is 0 Å². The summed E-state index contributed by atoms with van der Waals surface area (Å²) >= 11 is 0. The summed E-state index contributed by atoms with van der Waals surface area (Å²) in [6.07, 6.45) is -4.65. The molecule has 1 aromatic heterocycles. The lowest BCUT2D eigenvalue weighted by Gasteiger charge is -2.17. The number of carbonyl (C=O) groups is 1. The number of benzene rings is 2. The zero-order chi connectivity index (χ0) is 22.9. The van der Waals surface area contributed by atoms with Crippen molar-refractivity contribution >= 4 is 16.7 Å². The van der Waals surface area contributed by atoms with Gasteiger partial charge in [0.25, 0.3) is 11.5 Å². The summed E-state index contributed by atoms with van der Waals surface area (Å²) in [4.78, 5) is 25.5. The van der Waals surface area contributed by atoms with Crippen LogP contribution in [0.2, 0.25) is 0 Å². The monoisotopic (exact) mass is 452 g/mol. The molecule has 5 nitrogen and oxygen atoms in total. The second-order valence-corrected chi connectivity index (χ2v) is 7.95. The molecule has 0 fully saturated rings. The van der Waals surface area contributed by atoms with Crippen LogP contribution in [-0.4, -0.2) is 21.7 Å². The SMILES string of the molecule is CNC(=O)c1cc(S(=O)c2ccc(F)cc2)c(C)n(-c2cccc(C(F)(F)F)c2)c1=O. The highest BCUT2D eigenvalue weighted by Gasteiger charge is 2.31. The maximum atomic E-state index is 13.2. The van der Waals surface area contributed by atoms with Crippen LogP contribution in [0.3, 0.4) is 0 Å². The molecular formula is C21H16F4N2O3S. The average Bonchev–Trinajstić information content (AvgIpc) is 2.73. The van der Waals surface area contributed by atoms with Crippen LogP contribution in [0.15, 0.2) is 69.2 Å². The number of hydrogen-bond donors (Lipinski definition) is 1. The van der Waals surface area contributed by atoms with E-state index in [1.54, 1.807) is 0 Å². The quantitative estimate of drug-likeness (QED) is 0.612. The van der Waals surface area contributed by atoms with Crippen molar-refractivity contribution < 1.29 is 26.6 Å². The van der Waals surface area contributed by atoms with Gasteiger partial charge in [-0.05, 0) is 55.5 Å². The summed E-state index contributed by atoms with van der Waals surface area (Å²) in [7, 11) is -0.654. The molecule has 162 valence electrons. The number of rotatable bonds is 4. The van der Waals surface area contributed by atoms with Gasteiger partial charge in [-0.25, -0.2) is 8.60 Å². The van der Waals surface area contributed by atoms with Crippen molar-refractivity contribution in [1.82, 2.24) is 9.88 Å². The Morgan fingerprint density at radius 3 is 2.29 bits per heavy atom. The van der Waals surface area contributed by atoms with Gasteiger partial charge in [0.15, 0.2) is 0 Å². The van der Waals surface area contributed by atoms with E-state index in [9.17, 15) is 31.4 Å². The Bertz CT molecular complexity index is 1230. The van der Waals surface area contributed by atoms with Crippen molar-refractivity contribution in [2.45, 2.75) is 22.9 Å². The molecule has 0 spiro atoms. The van der Waals surface area contributed by atoms with Gasteiger partial charge >= 0.3 is 6.18 Å². The van der Waals surface area contributed by atoms with E-state index in [-0.39, 0.29) is 21.2 Å². The standard InChI is InChI=1S/C21H16F4N2O3S/c1-12-18(31(30)16-8-6-14(22)7-9-16)11-17(19(28)26-2)20(29)27(12)15-5-3-4-13(10-15)21(23,24)25/h3-11H,1-2H3,(H,26,28). The van der Waals surface area contributed by atoms with E-state index in [2.05, 4.69) is 5.32 Å². The van der Waals surface area contributed by atoms with E-state index in [4.69, 9.17) is 0 Å². The molecule has 0 saturated heterocycles. The number of aromatic nitrogens is 1. The second kappa shape index (κ2) is 8.46. The molecule has 3 rings (SSSR count). The minimum Gasteiger partial charge on any atom is -0.355 e. The molecular weight excluding hydrogens is 436 g/mol. The number of pyridine rings is 1. The minimum absolute atomic E-state index is 0.0298. The molecule has 1 heterocycles. The van der Waals surface area contributed by atoms with Crippen molar-refractivity contribution in [2.24, 2.45) is 0 Å². The first-order valence-corrected chi connectivity index (χ1v) is 10.0. The summed E-state index contributed by atoms with van der Waals surface area (Å²) in [6, 6.07) is 9.94. The first-order chi connectivity index (χ1) is 14.5. The van der Waals surface area contributed by atoms with Crippen LogP contribution in [0.1, 0.15) is 21.6 Å². The van der Waals surface area contributed by atoms with Crippen LogP contribution in [-0.2, 0) is 17.0 Å². The predicted octanol–water partition coefficient (Wildman–Crippen LogP) is 3.83. The average molecular weight is 452 g/mol. The number of alkyl halides is 3. The number of halogens is 4. The lowest BCUT2D eigenvalue weighted by Crippen LogP contribution is -2.32. The summed E-state index contributed by atoms with van der Waals surface area (Å²) in [5, 5.41) is 2.29. The van der Waals surface area contributed by atoms with Crippen molar-refractivity contribution in [3.8, 4) is 5.69 Å². The number of amides is 1. The Kier molecular flexibility index (Phi) is 6.12. The molecule has 1 unspecified atom stereocenters. The maximum Gasteiger partial charge on any atom is 0.416 e. The maximum absolute atomic E-state index is 13.2. The Balaban J connectivity index is 2.30. The van der Waals surface area contributed by atoms with Crippen LogP contribution < -0.4 is 10.9 Å². The molecule has 3 aromatic rings. The number of hydrogen-bond acceptors (Lipinski definition) is 3. The zero-order valence-corrected chi connectivity index (χ0v) is 17.1. The van der Waals surface area contributed by atoms with Gasteiger partial charge < -0.3 is 5.32 Å². The fourth-order valence-electron chi connectivity index (χ4n) is 2.98. The van der Waals surface area contributed by atoms with Gasteiger partial charge in [0.1, 0.15) is 11.4 Å². The first kappa shape index (κ1) is 22.4. The summed E-state index contributed by atoms with van der Waals surface area (Å²) in [6.45, 7) is 1.41. The van der Waals surface area contributed by atoms with E-state index in [1.165, 1.54) is 32.2 Å². The number of carbonyl (C=O) groups excluding carboxylic acids is 1. The molecule has 1 N–H and O–H groups in total. The third-order valence-corrected chi connectivity index (χ3v) is 6.04. The lowest BCUT2D eigenvalue weighted by molar-refractivity contribution is -0.137. The van der Waals surface area contributed by atoms with Crippen LogP contribution in [0.4, 0.5) is 17.6 Å². The highest BCUT2D eigenvalue weighted by Crippen LogP contribution is 2.31.